The topological polar surface area (TPSA) is 45.8 Å². The van der Waals surface area contributed by atoms with Gasteiger partial charge in [-0.3, -0.25) is 9.89 Å². The zero-order valence-corrected chi connectivity index (χ0v) is 11.2. The molecule has 1 aromatic heterocycles. The van der Waals surface area contributed by atoms with Gasteiger partial charge in [-0.2, -0.15) is 5.10 Å². The van der Waals surface area contributed by atoms with E-state index in [0.29, 0.717) is 5.56 Å². The smallest absolute Gasteiger partial charge is 0.154 e. The predicted molar refractivity (Wildman–Crippen MR) is 72.8 cm³/mol. The lowest BCUT2D eigenvalue weighted by molar-refractivity contribution is 0.112. The summed E-state index contributed by atoms with van der Waals surface area (Å²) in [6.45, 7) is 8.39. The van der Waals surface area contributed by atoms with Crippen molar-refractivity contribution in [3.63, 3.8) is 0 Å². The van der Waals surface area contributed by atoms with Crippen LogP contribution in [-0.4, -0.2) is 16.5 Å². The molecule has 0 fully saturated rings. The van der Waals surface area contributed by atoms with E-state index in [1.54, 1.807) is 0 Å². The fourth-order valence-corrected chi connectivity index (χ4v) is 1.93. The number of rotatable bonds is 2. The lowest BCUT2D eigenvalue weighted by Gasteiger charge is -2.18. The fourth-order valence-electron chi connectivity index (χ4n) is 1.93. The maximum Gasteiger partial charge on any atom is 0.154 e. The van der Waals surface area contributed by atoms with E-state index in [-0.39, 0.29) is 5.41 Å². The van der Waals surface area contributed by atoms with Crippen molar-refractivity contribution in [3.05, 3.63) is 41.1 Å². The summed E-state index contributed by atoms with van der Waals surface area (Å²) in [5.74, 6) is 0. The number of aromatic amines is 1. The van der Waals surface area contributed by atoms with Crippen LogP contribution in [0.1, 0.15) is 42.4 Å². The molecule has 18 heavy (non-hydrogen) atoms. The van der Waals surface area contributed by atoms with Gasteiger partial charge in [-0.15, -0.1) is 0 Å². The van der Waals surface area contributed by atoms with Gasteiger partial charge in [-0.05, 0) is 17.9 Å². The first kappa shape index (κ1) is 12.6. The first-order valence-electron chi connectivity index (χ1n) is 6.04. The monoisotopic (exact) mass is 242 g/mol. The highest BCUT2D eigenvalue weighted by atomic mass is 16.1. The number of nitrogens with one attached hydrogen (secondary N) is 1. The Hall–Kier alpha value is -1.90. The molecule has 0 amide bonds. The molecule has 0 unspecified atom stereocenters. The van der Waals surface area contributed by atoms with Gasteiger partial charge in [-0.25, -0.2) is 0 Å². The largest absolute Gasteiger partial charge is 0.298 e. The number of aromatic nitrogens is 2. The van der Waals surface area contributed by atoms with Gasteiger partial charge in [0.25, 0.3) is 0 Å². The molecule has 0 atom stereocenters. The van der Waals surface area contributed by atoms with Crippen molar-refractivity contribution in [2.75, 3.05) is 0 Å². The van der Waals surface area contributed by atoms with Crippen LogP contribution in [0.25, 0.3) is 11.3 Å². The van der Waals surface area contributed by atoms with Gasteiger partial charge < -0.3 is 0 Å². The van der Waals surface area contributed by atoms with Crippen molar-refractivity contribution in [1.82, 2.24) is 10.2 Å². The number of hydrogen-bond donors (Lipinski definition) is 1. The average molecular weight is 242 g/mol. The average Bonchev–Trinajstić information content (AvgIpc) is 2.69. The van der Waals surface area contributed by atoms with Crippen molar-refractivity contribution in [3.8, 4) is 11.3 Å². The van der Waals surface area contributed by atoms with Gasteiger partial charge in [0.05, 0.1) is 5.56 Å². The first-order valence-corrected chi connectivity index (χ1v) is 6.04. The number of nitrogens with zero attached hydrogens (tertiary/aromatic N) is 1. The molecule has 1 heterocycles. The molecule has 0 aliphatic heterocycles. The molecule has 0 aliphatic carbocycles. The van der Waals surface area contributed by atoms with Crippen molar-refractivity contribution in [1.29, 1.82) is 0 Å². The van der Waals surface area contributed by atoms with Crippen LogP contribution in [0.3, 0.4) is 0 Å². The van der Waals surface area contributed by atoms with E-state index in [4.69, 9.17) is 0 Å². The van der Waals surface area contributed by atoms with Crippen molar-refractivity contribution in [2.24, 2.45) is 0 Å². The van der Waals surface area contributed by atoms with Gasteiger partial charge in [-0.1, -0.05) is 45.0 Å². The molecular weight excluding hydrogens is 224 g/mol. The van der Waals surface area contributed by atoms with E-state index >= 15 is 0 Å². The molecule has 0 saturated heterocycles. The second-order valence-electron chi connectivity index (χ2n) is 5.56. The highest BCUT2D eigenvalue weighted by molar-refractivity contribution is 5.87. The van der Waals surface area contributed by atoms with Gasteiger partial charge in [0, 0.05) is 11.3 Å². The molecule has 94 valence electrons. The fraction of sp³-hybridized carbons (Fsp3) is 0.333. The molecule has 1 N–H and O–H groups in total. The van der Waals surface area contributed by atoms with Crippen LogP contribution in [0.4, 0.5) is 0 Å². The summed E-state index contributed by atoms with van der Waals surface area (Å²) >= 11 is 0. The summed E-state index contributed by atoms with van der Waals surface area (Å²) in [6.07, 6.45) is 0.853. The molecule has 0 saturated carbocycles. The SMILES string of the molecule is Cc1[nH]nc(-c2ccc(C(C)(C)C)cc2)c1C=O. The predicted octanol–water partition coefficient (Wildman–Crippen LogP) is 3.50. The van der Waals surface area contributed by atoms with Crippen molar-refractivity contribution in [2.45, 2.75) is 33.1 Å². The lowest BCUT2D eigenvalue weighted by Crippen LogP contribution is -2.10. The van der Waals surface area contributed by atoms with Crippen LogP contribution in [0.5, 0.6) is 0 Å². The first-order chi connectivity index (χ1) is 8.43. The molecule has 0 spiro atoms. The summed E-state index contributed by atoms with van der Waals surface area (Å²) in [5.41, 5.74) is 4.54. The van der Waals surface area contributed by atoms with Gasteiger partial charge in [0.2, 0.25) is 0 Å². The molecule has 2 aromatic rings. The number of H-pyrrole nitrogens is 1. The second kappa shape index (κ2) is 4.41. The van der Waals surface area contributed by atoms with E-state index in [1.165, 1.54) is 5.56 Å². The van der Waals surface area contributed by atoms with Crippen LogP contribution < -0.4 is 0 Å². The molecular formula is C15H18N2O. The van der Waals surface area contributed by atoms with Crippen LogP contribution in [0, 0.1) is 6.92 Å². The zero-order valence-electron chi connectivity index (χ0n) is 11.2. The minimum Gasteiger partial charge on any atom is -0.298 e. The molecule has 3 heteroatoms. The number of carbonyl (C=O) groups is 1. The Balaban J connectivity index is 2.43. The summed E-state index contributed by atoms with van der Waals surface area (Å²) in [6, 6.07) is 8.22. The highest BCUT2D eigenvalue weighted by Crippen LogP contribution is 2.27. The zero-order chi connectivity index (χ0) is 13.3. The Kier molecular flexibility index (Phi) is 3.07. The third-order valence-electron chi connectivity index (χ3n) is 3.14. The quantitative estimate of drug-likeness (QED) is 0.819. The number of hydrogen-bond acceptors (Lipinski definition) is 2. The molecule has 2 rings (SSSR count). The number of carbonyl (C=O) groups excluding carboxylic acids is 1. The summed E-state index contributed by atoms with van der Waals surface area (Å²) in [4.78, 5) is 11.0. The Labute approximate surface area is 107 Å². The number of benzene rings is 1. The van der Waals surface area contributed by atoms with Gasteiger partial charge >= 0.3 is 0 Å². The summed E-state index contributed by atoms with van der Waals surface area (Å²) in [5, 5.41) is 7.04. The third kappa shape index (κ3) is 2.21. The van der Waals surface area contributed by atoms with E-state index in [9.17, 15) is 4.79 Å². The van der Waals surface area contributed by atoms with Crippen molar-refractivity contribution < 1.29 is 4.79 Å². The lowest BCUT2D eigenvalue weighted by atomic mass is 9.86. The Morgan fingerprint density at radius 1 is 1.17 bits per heavy atom. The molecule has 1 aromatic carbocycles. The maximum absolute atomic E-state index is 11.0. The van der Waals surface area contributed by atoms with E-state index in [1.807, 2.05) is 19.1 Å². The Bertz CT molecular complexity index is 559. The molecule has 0 bridgehead atoms. The Morgan fingerprint density at radius 2 is 1.78 bits per heavy atom. The second-order valence-corrected chi connectivity index (χ2v) is 5.56. The van der Waals surface area contributed by atoms with E-state index in [2.05, 4.69) is 43.1 Å². The Morgan fingerprint density at radius 3 is 2.28 bits per heavy atom. The minimum atomic E-state index is 0.132. The van der Waals surface area contributed by atoms with Crippen LogP contribution in [0.2, 0.25) is 0 Å². The normalized spacial score (nSPS) is 11.6. The number of aldehydes is 1. The summed E-state index contributed by atoms with van der Waals surface area (Å²) < 4.78 is 0. The summed E-state index contributed by atoms with van der Waals surface area (Å²) in [7, 11) is 0. The third-order valence-corrected chi connectivity index (χ3v) is 3.14. The van der Waals surface area contributed by atoms with E-state index < -0.39 is 0 Å². The van der Waals surface area contributed by atoms with E-state index in [0.717, 1.165) is 23.2 Å². The van der Waals surface area contributed by atoms with Crippen LogP contribution in [-0.2, 0) is 5.41 Å². The number of aryl methyl sites for hydroxylation is 1. The molecule has 3 nitrogen and oxygen atoms in total. The van der Waals surface area contributed by atoms with Crippen LogP contribution in [0.15, 0.2) is 24.3 Å². The van der Waals surface area contributed by atoms with Gasteiger partial charge in [0.15, 0.2) is 6.29 Å². The minimum absolute atomic E-state index is 0.132. The highest BCUT2D eigenvalue weighted by Gasteiger charge is 2.15. The van der Waals surface area contributed by atoms with Crippen molar-refractivity contribution >= 4 is 6.29 Å². The maximum atomic E-state index is 11.0. The molecule has 0 aliphatic rings. The standard InChI is InChI=1S/C15H18N2O/c1-10-13(9-18)14(17-16-10)11-5-7-12(8-6-11)15(2,3)4/h5-9H,1-4H3,(H,16,17). The van der Waals surface area contributed by atoms with Gasteiger partial charge in [0.1, 0.15) is 5.69 Å². The molecule has 0 radical (unpaired) electrons. The van der Waals surface area contributed by atoms with Crippen LogP contribution >= 0.6 is 0 Å².